The summed E-state index contributed by atoms with van der Waals surface area (Å²) in [5, 5.41) is 0.763. The minimum atomic E-state index is -0.408. The number of rotatable bonds is 1. The second kappa shape index (κ2) is 3.63. The van der Waals surface area contributed by atoms with Crippen molar-refractivity contribution in [3.05, 3.63) is 29.6 Å². The number of hydrogen-bond acceptors (Lipinski definition) is 2. The molecule has 3 nitrogen and oxygen atoms in total. The summed E-state index contributed by atoms with van der Waals surface area (Å²) in [6.45, 7) is 3.13. The van der Waals surface area contributed by atoms with Gasteiger partial charge in [-0.15, -0.1) is 0 Å². The summed E-state index contributed by atoms with van der Waals surface area (Å²) >= 11 is 0. The van der Waals surface area contributed by atoms with Gasteiger partial charge >= 0.3 is 5.97 Å². The number of nitrogens with zero attached hydrogens (tertiary/aromatic N) is 1. The monoisotopic (exact) mass is 221 g/mol. The van der Waals surface area contributed by atoms with Crippen LogP contribution in [0.2, 0.25) is 0 Å². The standard InChI is InChI=1S/C12H12FNO2/c1-7-9-5-4-6-10(13)11(9)14(3)12(7)16-8(2)15/h4-6H,1-3H3. The van der Waals surface area contributed by atoms with E-state index in [0.29, 0.717) is 11.4 Å². The molecule has 0 N–H and O–H groups in total. The average molecular weight is 221 g/mol. The van der Waals surface area contributed by atoms with Crippen molar-refractivity contribution >= 4 is 16.9 Å². The van der Waals surface area contributed by atoms with Gasteiger partial charge in [0, 0.05) is 24.9 Å². The molecule has 0 atom stereocenters. The molecular weight excluding hydrogens is 209 g/mol. The van der Waals surface area contributed by atoms with Gasteiger partial charge in [0.25, 0.3) is 0 Å². The Morgan fingerprint density at radius 1 is 1.44 bits per heavy atom. The number of aromatic nitrogens is 1. The minimum absolute atomic E-state index is 0.318. The molecule has 0 aliphatic rings. The van der Waals surface area contributed by atoms with Crippen molar-refractivity contribution in [2.75, 3.05) is 0 Å². The molecule has 0 spiro atoms. The van der Waals surface area contributed by atoms with Gasteiger partial charge in [0.1, 0.15) is 5.82 Å². The number of ether oxygens (including phenoxy) is 1. The van der Waals surface area contributed by atoms with Gasteiger partial charge in [0.05, 0.1) is 5.52 Å². The highest BCUT2D eigenvalue weighted by Gasteiger charge is 2.16. The molecule has 84 valence electrons. The van der Waals surface area contributed by atoms with E-state index in [-0.39, 0.29) is 5.82 Å². The first-order valence-corrected chi connectivity index (χ1v) is 4.94. The van der Waals surface area contributed by atoms with Crippen LogP contribution < -0.4 is 4.74 Å². The summed E-state index contributed by atoms with van der Waals surface area (Å²) in [7, 11) is 1.68. The Morgan fingerprint density at radius 3 is 2.69 bits per heavy atom. The molecule has 0 saturated carbocycles. The molecule has 0 saturated heterocycles. The van der Waals surface area contributed by atoms with E-state index in [4.69, 9.17) is 4.74 Å². The lowest BCUT2D eigenvalue weighted by Gasteiger charge is -2.04. The van der Waals surface area contributed by atoms with Crippen molar-refractivity contribution in [3.63, 3.8) is 0 Å². The topological polar surface area (TPSA) is 31.2 Å². The number of carbonyl (C=O) groups is 1. The number of halogens is 1. The smallest absolute Gasteiger partial charge is 0.309 e. The maximum Gasteiger partial charge on any atom is 0.309 e. The third-order valence-electron chi connectivity index (χ3n) is 2.59. The molecule has 0 amide bonds. The van der Waals surface area contributed by atoms with Crippen molar-refractivity contribution in [1.29, 1.82) is 0 Å². The van der Waals surface area contributed by atoms with Gasteiger partial charge < -0.3 is 9.30 Å². The largest absolute Gasteiger partial charge is 0.409 e. The van der Waals surface area contributed by atoms with Crippen molar-refractivity contribution in [2.24, 2.45) is 7.05 Å². The van der Waals surface area contributed by atoms with Crippen LogP contribution in [-0.4, -0.2) is 10.5 Å². The fourth-order valence-electron chi connectivity index (χ4n) is 1.91. The van der Waals surface area contributed by atoms with Gasteiger partial charge in [-0.1, -0.05) is 12.1 Å². The lowest BCUT2D eigenvalue weighted by atomic mass is 10.2. The molecular formula is C12H12FNO2. The number of carbonyl (C=O) groups excluding carboxylic acids is 1. The maximum atomic E-state index is 13.6. The van der Waals surface area contributed by atoms with E-state index in [0.717, 1.165) is 10.9 Å². The lowest BCUT2D eigenvalue weighted by molar-refractivity contribution is -0.132. The van der Waals surface area contributed by atoms with Crippen LogP contribution in [-0.2, 0) is 11.8 Å². The molecule has 16 heavy (non-hydrogen) atoms. The molecule has 0 fully saturated rings. The zero-order chi connectivity index (χ0) is 11.9. The fourth-order valence-corrected chi connectivity index (χ4v) is 1.91. The molecule has 0 radical (unpaired) electrons. The fraction of sp³-hybridized carbons (Fsp3) is 0.250. The summed E-state index contributed by atoms with van der Waals surface area (Å²) < 4.78 is 20.2. The van der Waals surface area contributed by atoms with E-state index < -0.39 is 5.97 Å². The van der Waals surface area contributed by atoms with Crippen LogP contribution >= 0.6 is 0 Å². The van der Waals surface area contributed by atoms with Crippen molar-refractivity contribution < 1.29 is 13.9 Å². The first-order valence-electron chi connectivity index (χ1n) is 4.94. The Labute approximate surface area is 92.4 Å². The number of fused-ring (bicyclic) bond motifs is 1. The average Bonchev–Trinajstić information content (AvgIpc) is 2.44. The first kappa shape index (κ1) is 10.7. The number of hydrogen-bond donors (Lipinski definition) is 0. The van der Waals surface area contributed by atoms with Gasteiger partial charge in [0.15, 0.2) is 0 Å². The van der Waals surface area contributed by atoms with Gasteiger partial charge in [-0.05, 0) is 13.0 Å². The van der Waals surface area contributed by atoms with Gasteiger partial charge in [-0.2, -0.15) is 0 Å². The van der Waals surface area contributed by atoms with E-state index in [9.17, 15) is 9.18 Å². The van der Waals surface area contributed by atoms with Crippen LogP contribution in [0.1, 0.15) is 12.5 Å². The van der Waals surface area contributed by atoms with Crippen molar-refractivity contribution in [1.82, 2.24) is 4.57 Å². The van der Waals surface area contributed by atoms with E-state index in [1.807, 2.05) is 0 Å². The minimum Gasteiger partial charge on any atom is -0.409 e. The third-order valence-corrected chi connectivity index (χ3v) is 2.59. The predicted molar refractivity (Wildman–Crippen MR) is 58.9 cm³/mol. The molecule has 1 aromatic carbocycles. The Bertz CT molecular complexity index is 572. The van der Waals surface area contributed by atoms with Crippen LogP contribution in [0.15, 0.2) is 18.2 Å². The molecule has 0 aliphatic carbocycles. The van der Waals surface area contributed by atoms with Crippen LogP contribution in [0.5, 0.6) is 5.88 Å². The quantitative estimate of drug-likeness (QED) is 0.693. The molecule has 2 aromatic rings. The Kier molecular flexibility index (Phi) is 2.42. The Balaban J connectivity index is 2.77. The number of esters is 1. The van der Waals surface area contributed by atoms with E-state index >= 15 is 0 Å². The van der Waals surface area contributed by atoms with Crippen LogP contribution in [0, 0.1) is 12.7 Å². The van der Waals surface area contributed by atoms with Crippen molar-refractivity contribution in [3.8, 4) is 5.88 Å². The third kappa shape index (κ3) is 1.46. The second-order valence-corrected chi connectivity index (χ2v) is 3.72. The first-order chi connectivity index (χ1) is 7.52. The van der Waals surface area contributed by atoms with Crippen LogP contribution in [0.25, 0.3) is 10.9 Å². The maximum absolute atomic E-state index is 13.6. The van der Waals surface area contributed by atoms with E-state index in [1.165, 1.54) is 13.0 Å². The van der Waals surface area contributed by atoms with E-state index in [2.05, 4.69) is 0 Å². The summed E-state index contributed by atoms with van der Waals surface area (Å²) in [5.41, 5.74) is 1.23. The SMILES string of the molecule is CC(=O)Oc1c(C)c2cccc(F)c2n1C. The highest BCUT2D eigenvalue weighted by molar-refractivity contribution is 5.88. The zero-order valence-electron chi connectivity index (χ0n) is 9.37. The second-order valence-electron chi connectivity index (χ2n) is 3.72. The molecule has 0 bridgehead atoms. The Morgan fingerprint density at radius 2 is 2.12 bits per heavy atom. The summed E-state index contributed by atoms with van der Waals surface area (Å²) in [6.07, 6.45) is 0. The summed E-state index contributed by atoms with van der Waals surface area (Å²) in [6, 6.07) is 4.84. The van der Waals surface area contributed by atoms with Crippen LogP contribution in [0.3, 0.4) is 0 Å². The van der Waals surface area contributed by atoms with Gasteiger partial charge in [0.2, 0.25) is 5.88 Å². The molecule has 2 rings (SSSR count). The normalized spacial score (nSPS) is 10.8. The number of para-hydroxylation sites is 1. The highest BCUT2D eigenvalue weighted by Crippen LogP contribution is 2.31. The van der Waals surface area contributed by atoms with E-state index in [1.54, 1.807) is 30.7 Å². The molecule has 4 heteroatoms. The van der Waals surface area contributed by atoms with Gasteiger partial charge in [-0.3, -0.25) is 4.79 Å². The van der Waals surface area contributed by atoms with Gasteiger partial charge in [-0.25, -0.2) is 4.39 Å². The van der Waals surface area contributed by atoms with Crippen molar-refractivity contribution in [2.45, 2.75) is 13.8 Å². The lowest BCUT2D eigenvalue weighted by Crippen LogP contribution is -2.06. The highest BCUT2D eigenvalue weighted by atomic mass is 19.1. The molecule has 0 unspecified atom stereocenters. The molecule has 1 aromatic heterocycles. The zero-order valence-corrected chi connectivity index (χ0v) is 9.37. The summed E-state index contributed by atoms with van der Waals surface area (Å²) in [4.78, 5) is 11.0. The number of benzene rings is 1. The Hall–Kier alpha value is -1.84. The number of aryl methyl sites for hydroxylation is 2. The summed E-state index contributed by atoms with van der Waals surface area (Å²) in [5.74, 6) is -0.330. The predicted octanol–water partition coefficient (Wildman–Crippen LogP) is 2.55. The molecule has 1 heterocycles. The van der Waals surface area contributed by atoms with Crippen LogP contribution in [0.4, 0.5) is 4.39 Å². The molecule has 0 aliphatic heterocycles.